The highest BCUT2D eigenvalue weighted by Gasteiger charge is 2.19. The lowest BCUT2D eigenvalue weighted by molar-refractivity contribution is -0.121. The lowest BCUT2D eigenvalue weighted by Crippen LogP contribution is -2.25. The van der Waals surface area contributed by atoms with Gasteiger partial charge in [0.05, 0.1) is 4.90 Å². The number of aromatic nitrogens is 2. The first-order valence-electron chi connectivity index (χ1n) is 9.53. The van der Waals surface area contributed by atoms with Gasteiger partial charge in [0.15, 0.2) is 15.7 Å². The first-order chi connectivity index (χ1) is 14.4. The number of sulfone groups is 1. The van der Waals surface area contributed by atoms with E-state index in [1.807, 2.05) is 30.3 Å². The van der Waals surface area contributed by atoms with E-state index in [0.717, 1.165) is 25.0 Å². The van der Waals surface area contributed by atoms with Crippen LogP contribution < -0.4 is 5.32 Å². The molecule has 7 nitrogen and oxygen atoms in total. The van der Waals surface area contributed by atoms with Crippen LogP contribution in [-0.2, 0) is 33.2 Å². The van der Waals surface area contributed by atoms with Gasteiger partial charge in [0.2, 0.25) is 11.8 Å². The Morgan fingerprint density at radius 2 is 1.77 bits per heavy atom. The van der Waals surface area contributed by atoms with Gasteiger partial charge in [0.25, 0.3) is 0 Å². The molecule has 1 amide bonds. The number of carbonyl (C=O) groups excluding carboxylic acids is 1. The van der Waals surface area contributed by atoms with Crippen molar-refractivity contribution < 1.29 is 22.1 Å². The summed E-state index contributed by atoms with van der Waals surface area (Å²) in [7, 11) is -3.72. The number of halogens is 1. The standard InChI is InChI=1S/C21H22FN3O4S/c22-17-8-10-18(11-9-17)30(27,28)15-19-24-21(29-25-19)13-12-20(26)23-14-4-7-16-5-2-1-3-6-16/h1-3,5-6,8-11H,4,7,12-15H2,(H,23,26). The summed E-state index contributed by atoms with van der Waals surface area (Å²) in [6, 6.07) is 14.6. The summed E-state index contributed by atoms with van der Waals surface area (Å²) < 4.78 is 42.7. The number of aryl methyl sites for hydroxylation is 2. The molecule has 1 N–H and O–H groups in total. The molecule has 9 heteroatoms. The summed E-state index contributed by atoms with van der Waals surface area (Å²) in [5.74, 6) is -0.930. The SMILES string of the molecule is O=C(CCc1nc(CS(=O)(=O)c2ccc(F)cc2)no1)NCCCc1ccccc1. The van der Waals surface area contributed by atoms with Gasteiger partial charge in [-0.3, -0.25) is 4.79 Å². The third-order valence-corrected chi connectivity index (χ3v) is 6.00. The molecule has 0 fully saturated rings. The quantitative estimate of drug-likeness (QED) is 0.391. The number of amides is 1. The maximum absolute atomic E-state index is 13.0. The van der Waals surface area contributed by atoms with Crippen LogP contribution >= 0.6 is 0 Å². The van der Waals surface area contributed by atoms with Gasteiger partial charge in [-0.05, 0) is 42.7 Å². The second-order valence-electron chi connectivity index (χ2n) is 6.76. The molecule has 0 radical (unpaired) electrons. The van der Waals surface area contributed by atoms with Crippen molar-refractivity contribution in [3.63, 3.8) is 0 Å². The number of hydrogen-bond acceptors (Lipinski definition) is 6. The molecule has 2 aromatic carbocycles. The van der Waals surface area contributed by atoms with Crippen LogP contribution in [0.3, 0.4) is 0 Å². The number of nitrogens with one attached hydrogen (secondary N) is 1. The lowest BCUT2D eigenvalue weighted by Gasteiger charge is -2.04. The molecule has 0 aliphatic rings. The number of carbonyl (C=O) groups is 1. The molecule has 0 spiro atoms. The Kier molecular flexibility index (Phi) is 7.29. The first-order valence-corrected chi connectivity index (χ1v) is 11.2. The van der Waals surface area contributed by atoms with E-state index in [9.17, 15) is 17.6 Å². The Labute approximate surface area is 174 Å². The molecular formula is C21H22FN3O4S. The minimum absolute atomic E-state index is 0.00223. The van der Waals surface area contributed by atoms with Gasteiger partial charge in [-0.2, -0.15) is 4.98 Å². The van der Waals surface area contributed by atoms with Gasteiger partial charge in [0.1, 0.15) is 11.6 Å². The topological polar surface area (TPSA) is 102 Å². The maximum Gasteiger partial charge on any atom is 0.227 e. The average Bonchev–Trinajstić information content (AvgIpc) is 3.17. The highest BCUT2D eigenvalue weighted by Crippen LogP contribution is 2.16. The highest BCUT2D eigenvalue weighted by molar-refractivity contribution is 7.90. The summed E-state index contributed by atoms with van der Waals surface area (Å²) in [5, 5.41) is 6.50. The largest absolute Gasteiger partial charge is 0.356 e. The third kappa shape index (κ3) is 6.48. The molecule has 0 saturated carbocycles. The molecule has 1 heterocycles. The van der Waals surface area contributed by atoms with Crippen molar-refractivity contribution in [2.75, 3.05) is 6.54 Å². The van der Waals surface area contributed by atoms with Gasteiger partial charge in [-0.15, -0.1) is 0 Å². The zero-order valence-electron chi connectivity index (χ0n) is 16.3. The van der Waals surface area contributed by atoms with Gasteiger partial charge in [-0.25, -0.2) is 12.8 Å². The molecule has 30 heavy (non-hydrogen) atoms. The van der Waals surface area contributed by atoms with Crippen molar-refractivity contribution >= 4 is 15.7 Å². The van der Waals surface area contributed by atoms with E-state index in [1.165, 1.54) is 17.7 Å². The molecule has 0 bridgehead atoms. The van der Waals surface area contributed by atoms with E-state index in [1.54, 1.807) is 0 Å². The Hall–Kier alpha value is -3.07. The lowest BCUT2D eigenvalue weighted by atomic mass is 10.1. The van der Waals surface area contributed by atoms with E-state index < -0.39 is 21.4 Å². The van der Waals surface area contributed by atoms with Crippen LogP contribution in [0.5, 0.6) is 0 Å². The van der Waals surface area contributed by atoms with Crippen molar-refractivity contribution in [3.05, 3.63) is 77.7 Å². The summed E-state index contributed by atoms with van der Waals surface area (Å²) >= 11 is 0. The number of nitrogens with zero attached hydrogens (tertiary/aromatic N) is 2. The Balaban J connectivity index is 1.41. The van der Waals surface area contributed by atoms with E-state index in [-0.39, 0.29) is 35.4 Å². The fourth-order valence-corrected chi connectivity index (χ4v) is 3.99. The van der Waals surface area contributed by atoms with Gasteiger partial charge in [-0.1, -0.05) is 35.5 Å². The zero-order chi connectivity index (χ0) is 21.4. The van der Waals surface area contributed by atoms with Crippen molar-refractivity contribution in [2.45, 2.75) is 36.3 Å². The van der Waals surface area contributed by atoms with E-state index in [2.05, 4.69) is 15.5 Å². The van der Waals surface area contributed by atoms with Crippen LogP contribution in [0.1, 0.15) is 30.1 Å². The zero-order valence-corrected chi connectivity index (χ0v) is 17.1. The number of hydrogen-bond donors (Lipinski definition) is 1. The van der Waals surface area contributed by atoms with Crippen LogP contribution in [0.4, 0.5) is 4.39 Å². The van der Waals surface area contributed by atoms with Crippen LogP contribution in [0.25, 0.3) is 0 Å². The maximum atomic E-state index is 13.0. The molecule has 0 unspecified atom stereocenters. The fourth-order valence-electron chi connectivity index (χ4n) is 2.82. The van der Waals surface area contributed by atoms with Crippen LogP contribution in [0, 0.1) is 5.82 Å². The van der Waals surface area contributed by atoms with Crippen LogP contribution in [0.2, 0.25) is 0 Å². The molecule has 0 saturated heterocycles. The van der Waals surface area contributed by atoms with E-state index in [0.29, 0.717) is 6.54 Å². The van der Waals surface area contributed by atoms with Crippen molar-refractivity contribution in [2.24, 2.45) is 0 Å². The third-order valence-electron chi connectivity index (χ3n) is 4.38. The van der Waals surface area contributed by atoms with E-state index in [4.69, 9.17) is 4.52 Å². The summed E-state index contributed by atoms with van der Waals surface area (Å²) in [5.41, 5.74) is 1.22. The number of benzene rings is 2. The molecule has 158 valence electrons. The highest BCUT2D eigenvalue weighted by atomic mass is 32.2. The Morgan fingerprint density at radius 1 is 1.03 bits per heavy atom. The van der Waals surface area contributed by atoms with Crippen LogP contribution in [-0.4, -0.2) is 31.0 Å². The Morgan fingerprint density at radius 3 is 2.50 bits per heavy atom. The molecule has 3 aromatic rings. The summed E-state index contributed by atoms with van der Waals surface area (Å²) in [4.78, 5) is 16.0. The number of rotatable bonds is 10. The molecule has 0 aliphatic heterocycles. The Bertz CT molecular complexity index is 1070. The van der Waals surface area contributed by atoms with Crippen molar-refractivity contribution in [3.8, 4) is 0 Å². The second-order valence-corrected chi connectivity index (χ2v) is 8.75. The van der Waals surface area contributed by atoms with Gasteiger partial charge >= 0.3 is 0 Å². The minimum Gasteiger partial charge on any atom is -0.356 e. The second kappa shape index (κ2) is 10.1. The smallest absolute Gasteiger partial charge is 0.227 e. The predicted molar refractivity (Wildman–Crippen MR) is 108 cm³/mol. The summed E-state index contributed by atoms with van der Waals surface area (Å²) in [6.45, 7) is 0.568. The monoisotopic (exact) mass is 431 g/mol. The minimum atomic E-state index is -3.72. The predicted octanol–water partition coefficient (Wildman–Crippen LogP) is 2.86. The van der Waals surface area contributed by atoms with Gasteiger partial charge < -0.3 is 9.84 Å². The molecule has 0 atom stereocenters. The molecule has 0 aliphatic carbocycles. The normalized spacial score (nSPS) is 11.4. The summed E-state index contributed by atoms with van der Waals surface area (Å²) in [6.07, 6.45) is 2.10. The molecular weight excluding hydrogens is 409 g/mol. The van der Waals surface area contributed by atoms with E-state index >= 15 is 0 Å². The van der Waals surface area contributed by atoms with Crippen molar-refractivity contribution in [1.82, 2.24) is 15.5 Å². The van der Waals surface area contributed by atoms with Gasteiger partial charge in [0, 0.05) is 19.4 Å². The van der Waals surface area contributed by atoms with Crippen molar-refractivity contribution in [1.29, 1.82) is 0 Å². The van der Waals surface area contributed by atoms with Crippen LogP contribution in [0.15, 0.2) is 64.0 Å². The molecule has 3 rings (SSSR count). The molecule has 1 aromatic heterocycles. The fraction of sp³-hybridized carbons (Fsp3) is 0.286. The first kappa shape index (κ1) is 21.6. The average molecular weight is 431 g/mol.